The van der Waals surface area contributed by atoms with Gasteiger partial charge in [0.15, 0.2) is 0 Å². The summed E-state index contributed by atoms with van der Waals surface area (Å²) >= 11 is 0. The van der Waals surface area contributed by atoms with Crippen molar-refractivity contribution in [2.75, 3.05) is 55.7 Å². The van der Waals surface area contributed by atoms with Crippen molar-refractivity contribution in [3.63, 3.8) is 0 Å². The van der Waals surface area contributed by atoms with Gasteiger partial charge in [0.1, 0.15) is 24.1 Å². The molecule has 0 spiro atoms. The number of nitrogens with one attached hydrogen (secondary N) is 2. The molecule has 0 radical (unpaired) electrons. The zero-order chi connectivity index (χ0) is 37.5. The number of amides is 3. The zero-order valence-corrected chi connectivity index (χ0v) is 31.2. The van der Waals surface area contributed by atoms with Crippen molar-refractivity contribution in [2.24, 2.45) is 5.92 Å². The van der Waals surface area contributed by atoms with E-state index < -0.39 is 11.9 Å². The molecule has 4 atom stereocenters. The highest BCUT2D eigenvalue weighted by Gasteiger charge is 2.36. The molecule has 3 saturated heterocycles. The quantitative estimate of drug-likeness (QED) is 0.211. The molecule has 3 N–H and O–H groups in total. The van der Waals surface area contributed by atoms with Crippen LogP contribution in [0.2, 0.25) is 0 Å². The Hall–Kier alpha value is -5.35. The summed E-state index contributed by atoms with van der Waals surface area (Å²) in [5.41, 5.74) is 8.05. The fourth-order valence-corrected chi connectivity index (χ4v) is 9.72. The number of carbonyl (C=O) groups is 3. The van der Waals surface area contributed by atoms with Gasteiger partial charge in [-0.2, -0.15) is 0 Å². The van der Waals surface area contributed by atoms with E-state index >= 15 is 0 Å². The van der Waals surface area contributed by atoms with Crippen LogP contribution >= 0.6 is 0 Å². The first-order valence-corrected chi connectivity index (χ1v) is 20.0. The Bertz CT molecular complexity index is 2060. The maximum Gasteiger partial charge on any atom is 0.252 e. The second-order valence-corrected chi connectivity index (χ2v) is 16.0. The number of phenols is 1. The molecule has 10 nitrogen and oxygen atoms in total. The number of carbonyl (C=O) groups excluding carboxylic acids is 3. The molecule has 4 aromatic rings. The van der Waals surface area contributed by atoms with Crippen LogP contribution in [-0.2, 0) is 16.0 Å². The van der Waals surface area contributed by atoms with Crippen LogP contribution in [0.25, 0.3) is 0 Å². The van der Waals surface area contributed by atoms with Crippen molar-refractivity contribution < 1.29 is 24.2 Å². The second kappa shape index (κ2) is 15.1. The fourth-order valence-electron chi connectivity index (χ4n) is 9.72. The van der Waals surface area contributed by atoms with Crippen molar-refractivity contribution in [3.05, 3.63) is 119 Å². The Morgan fingerprint density at radius 2 is 1.65 bits per heavy atom. The summed E-state index contributed by atoms with van der Waals surface area (Å²) in [6.45, 7) is 6.63. The van der Waals surface area contributed by atoms with E-state index in [1.54, 1.807) is 12.1 Å². The lowest BCUT2D eigenvalue weighted by Gasteiger charge is -2.47. The second-order valence-electron chi connectivity index (χ2n) is 16.0. The maximum atomic E-state index is 13.0. The third kappa shape index (κ3) is 7.27. The predicted octanol–water partition coefficient (Wildman–Crippen LogP) is 5.59. The molecule has 4 aliphatic heterocycles. The maximum absolute atomic E-state index is 13.0. The normalized spacial score (nSPS) is 24.2. The number of hydrogen-bond donors (Lipinski definition) is 3. The lowest BCUT2D eigenvalue weighted by atomic mass is 9.69. The molecule has 4 heterocycles. The Balaban J connectivity index is 0.788. The number of aryl methyl sites for hydroxylation is 1. The van der Waals surface area contributed by atoms with Crippen LogP contribution < -0.4 is 25.2 Å². The standard InChI is InChI=1S/C45H49N5O5/c51-36-12-14-38-32(24-36)8-13-37(30-4-2-1-3-5-30)43(38)31-6-10-34(11-7-31)49-20-18-29(19-21-49)26-48-22-23-50-35(27-48)28-55-41-25-33(9-16-40(41)50)44(53)46-39-15-17-42(52)47-45(39)54/h1-7,9-12,14,16,24-25,29,35,37,39,43,51H,8,13,15,17-23,26-28H2,(H,46,53)(H,47,52,54)/t35-,37+,39-,43-/m0/s1. The molecule has 0 saturated carbocycles. The number of imide groups is 1. The molecule has 284 valence electrons. The lowest BCUT2D eigenvalue weighted by Crippen LogP contribution is -2.58. The predicted molar refractivity (Wildman–Crippen MR) is 212 cm³/mol. The van der Waals surface area contributed by atoms with Gasteiger partial charge in [-0.25, -0.2) is 0 Å². The highest BCUT2D eigenvalue weighted by Crippen LogP contribution is 2.47. The third-order valence-electron chi connectivity index (χ3n) is 12.6. The van der Waals surface area contributed by atoms with Gasteiger partial charge in [-0.1, -0.05) is 48.5 Å². The minimum Gasteiger partial charge on any atom is -0.508 e. The Labute approximate surface area is 322 Å². The smallest absolute Gasteiger partial charge is 0.252 e. The minimum absolute atomic E-state index is 0.215. The van der Waals surface area contributed by atoms with E-state index in [0.717, 1.165) is 57.8 Å². The Morgan fingerprint density at radius 1 is 0.836 bits per heavy atom. The molecular formula is C45H49N5O5. The number of anilines is 2. The SMILES string of the molecule is O=C1CC[C@H](NC(=O)c2ccc3c(c2)OC[C@@H]2CN(CC4CCN(c5ccc([C@@H]6c7ccc(O)cc7CC[C@@H]6c6ccccc6)cc5)CC4)CCN32)C(=O)N1. The summed E-state index contributed by atoms with van der Waals surface area (Å²) in [5.74, 6) is 1.24. The summed E-state index contributed by atoms with van der Waals surface area (Å²) < 4.78 is 6.22. The van der Waals surface area contributed by atoms with E-state index in [1.165, 1.54) is 40.8 Å². The van der Waals surface area contributed by atoms with Gasteiger partial charge in [-0.05, 0) is 109 Å². The summed E-state index contributed by atoms with van der Waals surface area (Å²) in [5, 5.41) is 15.3. The largest absolute Gasteiger partial charge is 0.508 e. The van der Waals surface area contributed by atoms with E-state index in [-0.39, 0.29) is 30.2 Å². The number of piperidine rings is 2. The summed E-state index contributed by atoms with van der Waals surface area (Å²) in [4.78, 5) is 44.1. The molecule has 4 aromatic carbocycles. The van der Waals surface area contributed by atoms with Gasteiger partial charge in [0, 0.05) is 62.9 Å². The number of ether oxygens (including phenoxy) is 1. The average molecular weight is 740 g/mol. The van der Waals surface area contributed by atoms with Crippen LogP contribution in [0.15, 0.2) is 91.0 Å². The van der Waals surface area contributed by atoms with Gasteiger partial charge in [0.2, 0.25) is 11.8 Å². The molecule has 1 aliphatic carbocycles. The van der Waals surface area contributed by atoms with Crippen LogP contribution in [0.3, 0.4) is 0 Å². The van der Waals surface area contributed by atoms with Crippen LogP contribution in [0, 0.1) is 5.92 Å². The highest BCUT2D eigenvalue weighted by molar-refractivity contribution is 6.04. The van der Waals surface area contributed by atoms with Crippen LogP contribution in [0.4, 0.5) is 11.4 Å². The van der Waals surface area contributed by atoms with Gasteiger partial charge < -0.3 is 25.0 Å². The van der Waals surface area contributed by atoms with Gasteiger partial charge in [-0.15, -0.1) is 0 Å². The first-order valence-electron chi connectivity index (χ1n) is 20.0. The van der Waals surface area contributed by atoms with Crippen LogP contribution in [0.5, 0.6) is 11.5 Å². The van der Waals surface area contributed by atoms with Gasteiger partial charge in [-0.3, -0.25) is 24.6 Å². The summed E-state index contributed by atoms with van der Waals surface area (Å²) in [6, 6.07) is 31.2. The number of aromatic hydroxyl groups is 1. The molecule has 0 aromatic heterocycles. The third-order valence-corrected chi connectivity index (χ3v) is 12.6. The van der Waals surface area contributed by atoms with E-state index in [0.29, 0.717) is 41.9 Å². The number of fused-ring (bicyclic) bond motifs is 4. The van der Waals surface area contributed by atoms with Crippen molar-refractivity contribution in [1.82, 2.24) is 15.5 Å². The first kappa shape index (κ1) is 35.4. The number of hydrogen-bond acceptors (Lipinski definition) is 8. The van der Waals surface area contributed by atoms with E-state index in [9.17, 15) is 19.5 Å². The molecule has 9 rings (SSSR count). The molecule has 5 aliphatic rings. The van der Waals surface area contributed by atoms with E-state index in [2.05, 4.69) is 86.0 Å². The van der Waals surface area contributed by atoms with Crippen molar-refractivity contribution in [3.8, 4) is 11.5 Å². The van der Waals surface area contributed by atoms with Crippen LogP contribution in [-0.4, -0.2) is 85.7 Å². The zero-order valence-electron chi connectivity index (χ0n) is 31.2. The number of benzene rings is 4. The lowest BCUT2D eigenvalue weighted by molar-refractivity contribution is -0.134. The van der Waals surface area contributed by atoms with Crippen molar-refractivity contribution in [1.29, 1.82) is 0 Å². The van der Waals surface area contributed by atoms with Crippen molar-refractivity contribution in [2.45, 2.75) is 62.4 Å². The molecular weight excluding hydrogens is 691 g/mol. The molecule has 3 amide bonds. The topological polar surface area (TPSA) is 114 Å². The first-order chi connectivity index (χ1) is 26.9. The van der Waals surface area contributed by atoms with Gasteiger partial charge in [0.05, 0.1) is 11.7 Å². The monoisotopic (exact) mass is 739 g/mol. The van der Waals surface area contributed by atoms with E-state index in [1.807, 2.05) is 18.2 Å². The van der Waals surface area contributed by atoms with E-state index in [4.69, 9.17) is 4.74 Å². The number of piperazine rings is 1. The number of rotatable bonds is 7. The summed E-state index contributed by atoms with van der Waals surface area (Å²) in [6.07, 6.45) is 4.90. The number of nitrogens with zero attached hydrogens (tertiary/aromatic N) is 3. The minimum atomic E-state index is -0.712. The molecule has 0 unspecified atom stereocenters. The van der Waals surface area contributed by atoms with Crippen LogP contribution in [0.1, 0.15) is 76.6 Å². The highest BCUT2D eigenvalue weighted by atomic mass is 16.5. The molecule has 10 heteroatoms. The molecule has 3 fully saturated rings. The molecule has 0 bridgehead atoms. The molecule has 55 heavy (non-hydrogen) atoms. The fraction of sp³-hybridized carbons (Fsp3) is 0.400. The van der Waals surface area contributed by atoms with Gasteiger partial charge >= 0.3 is 0 Å². The van der Waals surface area contributed by atoms with Crippen molar-refractivity contribution >= 4 is 29.1 Å². The Kier molecular flexibility index (Phi) is 9.68. The number of phenolic OH excluding ortho intramolecular Hbond substituents is 1. The van der Waals surface area contributed by atoms with Gasteiger partial charge in [0.25, 0.3) is 5.91 Å². The summed E-state index contributed by atoms with van der Waals surface area (Å²) in [7, 11) is 0. The average Bonchev–Trinajstić information content (AvgIpc) is 3.21. The Morgan fingerprint density at radius 3 is 2.45 bits per heavy atom.